The molecule has 1 aliphatic heterocycles. The maximum atomic E-state index is 12.5. The van der Waals surface area contributed by atoms with E-state index in [-0.39, 0.29) is 18.4 Å². The van der Waals surface area contributed by atoms with E-state index < -0.39 is 0 Å². The van der Waals surface area contributed by atoms with E-state index in [1.807, 2.05) is 38.1 Å². The minimum absolute atomic E-state index is 0.0222. The minimum Gasteiger partial charge on any atom is -0.332 e. The number of carbonyl (C=O) groups is 2. The Morgan fingerprint density at radius 1 is 1.16 bits per heavy atom. The first kappa shape index (κ1) is 17.1. The first-order chi connectivity index (χ1) is 12.0. The largest absolute Gasteiger partial charge is 0.332 e. The molecule has 1 aromatic heterocycles. The number of rotatable bonds is 4. The van der Waals surface area contributed by atoms with Gasteiger partial charge in [0, 0.05) is 37.6 Å². The molecule has 25 heavy (non-hydrogen) atoms. The van der Waals surface area contributed by atoms with Crippen LogP contribution in [0, 0.1) is 13.8 Å². The standard InChI is InChI=1S/C20H23N3O2/c1-15-10-16(2)12-18(11-15)23-9-8-22(14-20(23)25)19(24)6-5-17-4-3-7-21-13-17/h3-4,7,10-13H,5-6,8-9,14H2,1-2H3. The van der Waals surface area contributed by atoms with E-state index in [4.69, 9.17) is 0 Å². The zero-order valence-electron chi connectivity index (χ0n) is 14.7. The molecule has 0 atom stereocenters. The number of anilines is 1. The van der Waals surface area contributed by atoms with Crippen LogP contribution in [0.2, 0.25) is 0 Å². The highest BCUT2D eigenvalue weighted by atomic mass is 16.2. The molecule has 2 aromatic rings. The van der Waals surface area contributed by atoms with E-state index in [0.29, 0.717) is 25.9 Å². The maximum Gasteiger partial charge on any atom is 0.246 e. The first-order valence-corrected chi connectivity index (χ1v) is 8.58. The predicted octanol–water partition coefficient (Wildman–Crippen LogP) is 2.51. The Bertz CT molecular complexity index is 754. The Kier molecular flexibility index (Phi) is 5.12. The number of amides is 2. The quantitative estimate of drug-likeness (QED) is 0.861. The van der Waals surface area contributed by atoms with Crippen LogP contribution >= 0.6 is 0 Å². The molecule has 0 aliphatic carbocycles. The van der Waals surface area contributed by atoms with Crippen LogP contribution in [-0.4, -0.2) is 41.3 Å². The number of carbonyl (C=O) groups excluding carboxylic acids is 2. The van der Waals surface area contributed by atoms with E-state index in [1.54, 1.807) is 22.2 Å². The summed E-state index contributed by atoms with van der Waals surface area (Å²) in [6.45, 7) is 5.32. The molecule has 5 nitrogen and oxygen atoms in total. The van der Waals surface area contributed by atoms with Crippen LogP contribution in [0.5, 0.6) is 0 Å². The topological polar surface area (TPSA) is 53.5 Å². The van der Waals surface area contributed by atoms with E-state index in [1.165, 1.54) is 0 Å². The van der Waals surface area contributed by atoms with Crippen LogP contribution in [0.15, 0.2) is 42.7 Å². The van der Waals surface area contributed by atoms with Crippen molar-refractivity contribution in [2.45, 2.75) is 26.7 Å². The Balaban J connectivity index is 1.59. The van der Waals surface area contributed by atoms with Crippen molar-refractivity contribution in [1.82, 2.24) is 9.88 Å². The van der Waals surface area contributed by atoms with Gasteiger partial charge in [-0.25, -0.2) is 0 Å². The average molecular weight is 337 g/mol. The Morgan fingerprint density at radius 2 is 1.92 bits per heavy atom. The lowest BCUT2D eigenvalue weighted by Gasteiger charge is -2.34. The van der Waals surface area contributed by atoms with Gasteiger partial charge in [0.2, 0.25) is 11.8 Å². The monoisotopic (exact) mass is 337 g/mol. The molecule has 3 rings (SSSR count). The van der Waals surface area contributed by atoms with Gasteiger partial charge in [0.25, 0.3) is 0 Å². The van der Waals surface area contributed by atoms with Crippen LogP contribution in [-0.2, 0) is 16.0 Å². The van der Waals surface area contributed by atoms with Crippen LogP contribution < -0.4 is 4.90 Å². The van der Waals surface area contributed by atoms with Gasteiger partial charge in [0.1, 0.15) is 6.54 Å². The summed E-state index contributed by atoms with van der Waals surface area (Å²) in [6.07, 6.45) is 4.55. The van der Waals surface area contributed by atoms with Crippen molar-refractivity contribution in [2.24, 2.45) is 0 Å². The van der Waals surface area contributed by atoms with Gasteiger partial charge in [-0.3, -0.25) is 14.6 Å². The molecule has 2 amide bonds. The van der Waals surface area contributed by atoms with Gasteiger partial charge in [-0.05, 0) is 55.2 Å². The summed E-state index contributed by atoms with van der Waals surface area (Å²) in [5.41, 5.74) is 4.23. The first-order valence-electron chi connectivity index (χ1n) is 8.58. The van der Waals surface area contributed by atoms with Gasteiger partial charge in [-0.2, -0.15) is 0 Å². The molecule has 1 aromatic carbocycles. The lowest BCUT2D eigenvalue weighted by atomic mass is 10.1. The summed E-state index contributed by atoms with van der Waals surface area (Å²) in [7, 11) is 0. The van der Waals surface area contributed by atoms with Gasteiger partial charge in [-0.1, -0.05) is 12.1 Å². The number of pyridine rings is 1. The zero-order chi connectivity index (χ0) is 17.8. The van der Waals surface area contributed by atoms with Gasteiger partial charge < -0.3 is 9.80 Å². The normalized spacial score (nSPS) is 14.7. The van der Waals surface area contributed by atoms with E-state index in [0.717, 1.165) is 22.4 Å². The summed E-state index contributed by atoms with van der Waals surface area (Å²) >= 11 is 0. The number of nitrogens with zero attached hydrogens (tertiary/aromatic N) is 3. The number of aryl methyl sites for hydroxylation is 3. The molecule has 0 bridgehead atoms. The van der Waals surface area contributed by atoms with Crippen LogP contribution in [0.1, 0.15) is 23.1 Å². The second-order valence-corrected chi connectivity index (χ2v) is 6.57. The predicted molar refractivity (Wildman–Crippen MR) is 97.4 cm³/mol. The van der Waals surface area contributed by atoms with E-state index in [9.17, 15) is 9.59 Å². The molecule has 0 radical (unpaired) electrons. The molecular weight excluding hydrogens is 314 g/mol. The van der Waals surface area contributed by atoms with Crippen molar-refractivity contribution in [2.75, 3.05) is 24.5 Å². The Morgan fingerprint density at radius 3 is 2.56 bits per heavy atom. The fourth-order valence-electron chi connectivity index (χ4n) is 3.22. The van der Waals surface area contributed by atoms with Crippen molar-refractivity contribution in [1.29, 1.82) is 0 Å². The average Bonchev–Trinajstić information content (AvgIpc) is 2.59. The molecule has 0 saturated carbocycles. The number of piperazine rings is 1. The molecule has 5 heteroatoms. The van der Waals surface area contributed by atoms with Crippen LogP contribution in [0.25, 0.3) is 0 Å². The third kappa shape index (κ3) is 4.24. The Hall–Kier alpha value is -2.69. The summed E-state index contributed by atoms with van der Waals surface area (Å²) in [4.78, 5) is 32.4. The molecule has 1 saturated heterocycles. The zero-order valence-corrected chi connectivity index (χ0v) is 14.7. The number of hydrogen-bond acceptors (Lipinski definition) is 3. The second-order valence-electron chi connectivity index (χ2n) is 6.57. The highest BCUT2D eigenvalue weighted by Gasteiger charge is 2.27. The fourth-order valence-corrected chi connectivity index (χ4v) is 3.22. The Labute approximate surface area is 148 Å². The summed E-state index contributed by atoms with van der Waals surface area (Å²) in [6, 6.07) is 9.96. The van der Waals surface area contributed by atoms with Crippen molar-refractivity contribution >= 4 is 17.5 Å². The third-order valence-electron chi connectivity index (χ3n) is 4.44. The van der Waals surface area contributed by atoms with Crippen LogP contribution in [0.3, 0.4) is 0 Å². The smallest absolute Gasteiger partial charge is 0.246 e. The maximum absolute atomic E-state index is 12.5. The fraction of sp³-hybridized carbons (Fsp3) is 0.350. The summed E-state index contributed by atoms with van der Waals surface area (Å²) < 4.78 is 0. The summed E-state index contributed by atoms with van der Waals surface area (Å²) in [5, 5.41) is 0. The molecule has 1 aliphatic rings. The molecule has 0 N–H and O–H groups in total. The highest BCUT2D eigenvalue weighted by Crippen LogP contribution is 2.21. The van der Waals surface area contributed by atoms with Gasteiger partial charge >= 0.3 is 0 Å². The molecule has 0 spiro atoms. The van der Waals surface area contributed by atoms with Gasteiger partial charge in [0.05, 0.1) is 0 Å². The van der Waals surface area contributed by atoms with Crippen LogP contribution in [0.4, 0.5) is 5.69 Å². The van der Waals surface area contributed by atoms with E-state index in [2.05, 4.69) is 11.1 Å². The number of benzene rings is 1. The minimum atomic E-state index is -0.0222. The third-order valence-corrected chi connectivity index (χ3v) is 4.44. The van der Waals surface area contributed by atoms with Gasteiger partial charge in [-0.15, -0.1) is 0 Å². The molecule has 2 heterocycles. The van der Waals surface area contributed by atoms with Crippen molar-refractivity contribution in [3.8, 4) is 0 Å². The van der Waals surface area contributed by atoms with Crippen molar-refractivity contribution in [3.05, 3.63) is 59.4 Å². The molecular formula is C20H23N3O2. The number of hydrogen-bond donors (Lipinski definition) is 0. The lowest BCUT2D eigenvalue weighted by molar-refractivity contribution is -0.136. The van der Waals surface area contributed by atoms with Gasteiger partial charge in [0.15, 0.2) is 0 Å². The lowest BCUT2D eigenvalue weighted by Crippen LogP contribution is -2.52. The molecule has 130 valence electrons. The molecule has 1 fully saturated rings. The molecule has 0 unspecified atom stereocenters. The highest BCUT2D eigenvalue weighted by molar-refractivity contribution is 5.98. The van der Waals surface area contributed by atoms with Crippen molar-refractivity contribution in [3.63, 3.8) is 0 Å². The van der Waals surface area contributed by atoms with E-state index >= 15 is 0 Å². The summed E-state index contributed by atoms with van der Waals surface area (Å²) in [5.74, 6) is 0.00301. The number of aromatic nitrogens is 1. The SMILES string of the molecule is Cc1cc(C)cc(N2CCN(C(=O)CCc3cccnc3)CC2=O)c1. The second kappa shape index (κ2) is 7.47. The van der Waals surface area contributed by atoms with Crippen molar-refractivity contribution < 1.29 is 9.59 Å².